The van der Waals surface area contributed by atoms with Crippen LogP contribution in [0.2, 0.25) is 0 Å². The van der Waals surface area contributed by atoms with Gasteiger partial charge in [0.15, 0.2) is 0 Å². The Balaban J connectivity index is -0.0000000480. The standard InChI is InChI=1S/CH5N.CH2O3.Na/c1-2;2-1(3)4;/h2H2,1H3;(H2,2,3,4);/q;;+1/p-1. The van der Waals surface area contributed by atoms with Crippen molar-refractivity contribution >= 4 is 6.16 Å². The molecule has 0 unspecified atom stereocenters. The van der Waals surface area contributed by atoms with Crippen LogP contribution in [0.3, 0.4) is 0 Å². The van der Waals surface area contributed by atoms with Crippen LogP contribution < -0.4 is 40.4 Å². The first-order valence-electron chi connectivity index (χ1n) is 1.21. The maximum atomic E-state index is 8.44. The van der Waals surface area contributed by atoms with Crippen LogP contribution in [0, 0.1) is 0 Å². The maximum absolute atomic E-state index is 8.44. The third kappa shape index (κ3) is 2110. The molecule has 0 saturated heterocycles. The predicted molar refractivity (Wildman–Crippen MR) is 18.1 cm³/mol. The molecule has 0 heterocycles. The number of hydrogen-bond donors (Lipinski definition) is 2. The SMILES string of the molecule is CN.O=C([O-])O.[Na+]. The van der Waals surface area contributed by atoms with Crippen LogP contribution in [0.4, 0.5) is 4.79 Å². The van der Waals surface area contributed by atoms with Gasteiger partial charge in [-0.3, -0.25) is 0 Å². The predicted octanol–water partition coefficient (Wildman–Crippen LogP) is -4.53. The smallest absolute Gasteiger partial charge is 0.565 e. The molecule has 38 valence electrons. The zero-order valence-electron chi connectivity index (χ0n) is 4.34. The van der Waals surface area contributed by atoms with Crippen molar-refractivity contribution in [2.45, 2.75) is 0 Å². The van der Waals surface area contributed by atoms with E-state index in [-0.39, 0.29) is 29.6 Å². The van der Waals surface area contributed by atoms with E-state index in [1.54, 1.807) is 0 Å². The van der Waals surface area contributed by atoms with Gasteiger partial charge in [0, 0.05) is 0 Å². The molecule has 3 N–H and O–H groups in total. The first-order valence-corrected chi connectivity index (χ1v) is 1.21. The molecule has 0 radical (unpaired) electrons. The molecule has 0 aliphatic rings. The summed E-state index contributed by atoms with van der Waals surface area (Å²) in [4.78, 5) is 8.44. The zero-order chi connectivity index (χ0) is 5.58. The van der Waals surface area contributed by atoms with Crippen LogP contribution in [-0.4, -0.2) is 18.3 Å². The Kier molecular flexibility index (Phi) is 36.6. The molecule has 0 amide bonds. The minimum atomic E-state index is -2.08. The quantitative estimate of drug-likeness (QED) is 0.311. The molecular formula is C2H6NNaO3. The number of hydrogen-bond acceptors (Lipinski definition) is 3. The summed E-state index contributed by atoms with van der Waals surface area (Å²) in [5.41, 5.74) is 4.50. The summed E-state index contributed by atoms with van der Waals surface area (Å²) in [6.07, 6.45) is -2.08. The van der Waals surface area contributed by atoms with Gasteiger partial charge in [-0.05, 0) is 7.05 Å². The van der Waals surface area contributed by atoms with E-state index in [4.69, 9.17) is 15.0 Å². The van der Waals surface area contributed by atoms with Gasteiger partial charge >= 0.3 is 29.6 Å². The fourth-order valence-corrected chi connectivity index (χ4v) is 0. The van der Waals surface area contributed by atoms with Crippen molar-refractivity contribution in [1.82, 2.24) is 0 Å². The van der Waals surface area contributed by atoms with Crippen LogP contribution in [0.15, 0.2) is 0 Å². The minimum absolute atomic E-state index is 0. The van der Waals surface area contributed by atoms with E-state index in [9.17, 15) is 0 Å². The Morgan fingerprint density at radius 3 is 1.71 bits per heavy atom. The van der Waals surface area contributed by atoms with Gasteiger partial charge in [0.1, 0.15) is 0 Å². The van der Waals surface area contributed by atoms with Gasteiger partial charge < -0.3 is 20.7 Å². The van der Waals surface area contributed by atoms with Crippen molar-refractivity contribution in [3.8, 4) is 0 Å². The fourth-order valence-electron chi connectivity index (χ4n) is 0. The van der Waals surface area contributed by atoms with Crippen LogP contribution in [0.1, 0.15) is 0 Å². The molecule has 0 rings (SSSR count). The Morgan fingerprint density at radius 2 is 1.71 bits per heavy atom. The summed E-state index contributed by atoms with van der Waals surface area (Å²) in [6, 6.07) is 0. The third-order valence-corrected chi connectivity index (χ3v) is 0. The second kappa shape index (κ2) is 16.3. The molecule has 0 aromatic rings. The van der Waals surface area contributed by atoms with Gasteiger partial charge in [0.25, 0.3) is 0 Å². The van der Waals surface area contributed by atoms with Gasteiger partial charge in [0.2, 0.25) is 6.16 Å². The summed E-state index contributed by atoms with van der Waals surface area (Å²) in [6.45, 7) is 0. The minimum Gasteiger partial charge on any atom is -0.565 e. The number of carbonyl (C=O) groups is 1. The first-order chi connectivity index (χ1) is 2.73. The zero-order valence-corrected chi connectivity index (χ0v) is 6.34. The van der Waals surface area contributed by atoms with E-state index >= 15 is 0 Å². The third-order valence-electron chi connectivity index (χ3n) is 0. The molecular weight excluding hydrogens is 109 g/mol. The van der Waals surface area contributed by atoms with Crippen LogP contribution in [0.5, 0.6) is 0 Å². The van der Waals surface area contributed by atoms with Gasteiger partial charge in [-0.15, -0.1) is 0 Å². The molecule has 0 aliphatic carbocycles. The Labute approximate surface area is 63.6 Å². The molecule has 4 nitrogen and oxygen atoms in total. The van der Waals surface area contributed by atoms with Gasteiger partial charge in [0.05, 0.1) is 0 Å². The summed E-state index contributed by atoms with van der Waals surface area (Å²) in [7, 11) is 1.50. The molecule has 0 aliphatic heterocycles. The normalized spacial score (nSPS) is 4.29. The van der Waals surface area contributed by atoms with Crippen LogP contribution in [0.25, 0.3) is 0 Å². The molecule has 7 heavy (non-hydrogen) atoms. The molecule has 0 fully saturated rings. The molecule has 0 spiro atoms. The molecule has 0 aromatic heterocycles. The second-order valence-electron chi connectivity index (χ2n) is 0.266. The van der Waals surface area contributed by atoms with Crippen molar-refractivity contribution < 1.29 is 44.6 Å². The summed E-state index contributed by atoms with van der Waals surface area (Å²) >= 11 is 0. The summed E-state index contributed by atoms with van der Waals surface area (Å²) in [5, 5.41) is 15.3. The Hall–Kier alpha value is 0.230. The molecule has 0 bridgehead atoms. The summed E-state index contributed by atoms with van der Waals surface area (Å²) in [5.74, 6) is 0. The van der Waals surface area contributed by atoms with Crippen molar-refractivity contribution in [2.75, 3.05) is 7.05 Å². The van der Waals surface area contributed by atoms with Crippen LogP contribution >= 0.6 is 0 Å². The average molecular weight is 115 g/mol. The van der Waals surface area contributed by atoms with E-state index in [1.807, 2.05) is 0 Å². The van der Waals surface area contributed by atoms with E-state index < -0.39 is 6.16 Å². The van der Waals surface area contributed by atoms with Crippen molar-refractivity contribution in [2.24, 2.45) is 5.73 Å². The molecule has 0 atom stereocenters. The number of nitrogens with two attached hydrogens (primary N) is 1. The van der Waals surface area contributed by atoms with Crippen molar-refractivity contribution in [3.05, 3.63) is 0 Å². The van der Waals surface area contributed by atoms with Crippen LogP contribution in [-0.2, 0) is 0 Å². The largest absolute Gasteiger partial charge is 1.00 e. The Bertz CT molecular complexity index is 35.9. The Morgan fingerprint density at radius 1 is 1.71 bits per heavy atom. The van der Waals surface area contributed by atoms with E-state index in [2.05, 4.69) is 5.73 Å². The van der Waals surface area contributed by atoms with Gasteiger partial charge in [-0.1, -0.05) is 0 Å². The van der Waals surface area contributed by atoms with E-state index in [0.717, 1.165) is 0 Å². The van der Waals surface area contributed by atoms with Crippen molar-refractivity contribution in [1.29, 1.82) is 0 Å². The van der Waals surface area contributed by atoms with Gasteiger partial charge in [-0.25, -0.2) is 0 Å². The van der Waals surface area contributed by atoms with E-state index in [1.165, 1.54) is 7.05 Å². The topological polar surface area (TPSA) is 86.4 Å². The molecule has 0 saturated carbocycles. The van der Waals surface area contributed by atoms with Gasteiger partial charge in [-0.2, -0.15) is 0 Å². The number of rotatable bonds is 0. The number of carboxylic acid groups (broad SMARTS) is 2. The van der Waals surface area contributed by atoms with E-state index in [0.29, 0.717) is 0 Å². The fraction of sp³-hybridized carbons (Fsp3) is 0.500. The molecule has 5 heteroatoms. The summed E-state index contributed by atoms with van der Waals surface area (Å²) < 4.78 is 0. The van der Waals surface area contributed by atoms with Crippen molar-refractivity contribution in [3.63, 3.8) is 0 Å². The molecule has 0 aromatic carbocycles. The maximum Gasteiger partial charge on any atom is 1.00 e. The average Bonchev–Trinajstić information content (AvgIpc) is 1.41. The monoisotopic (exact) mass is 115 g/mol. The second-order valence-corrected chi connectivity index (χ2v) is 0.266. The first kappa shape index (κ1) is 15.7.